The molecule has 8 heteroatoms. The molecule has 2 heterocycles. The average molecular weight is 518 g/mol. The largest absolute Gasteiger partial charge is 0.337 e. The number of carbonyl (C=O) groups is 1. The van der Waals surface area contributed by atoms with Crippen LogP contribution >= 0.6 is 0 Å². The summed E-state index contributed by atoms with van der Waals surface area (Å²) in [4.78, 5) is 23.4. The fourth-order valence-corrected chi connectivity index (χ4v) is 4.92. The zero-order chi connectivity index (χ0) is 26.9. The quantitative estimate of drug-likeness (QED) is 0.299. The van der Waals surface area contributed by atoms with Gasteiger partial charge in [0, 0.05) is 44.0 Å². The molecule has 1 saturated heterocycles. The summed E-state index contributed by atoms with van der Waals surface area (Å²) in [5, 5.41) is 2.86. The van der Waals surface area contributed by atoms with Crippen LogP contribution in [0.5, 0.6) is 0 Å². The summed E-state index contributed by atoms with van der Waals surface area (Å²) in [6.45, 7) is 5.49. The molecule has 38 heavy (non-hydrogen) atoms. The molecule has 2 unspecified atom stereocenters. The highest BCUT2D eigenvalue weighted by Gasteiger charge is 2.37. The van der Waals surface area contributed by atoms with Gasteiger partial charge >= 0.3 is 6.03 Å². The summed E-state index contributed by atoms with van der Waals surface area (Å²) >= 11 is 0. The Kier molecular flexibility index (Phi) is 9.19. The minimum Gasteiger partial charge on any atom is -0.337 e. The van der Waals surface area contributed by atoms with Crippen LogP contribution in [0.2, 0.25) is 0 Å². The average Bonchev–Trinajstić information content (AvgIpc) is 3.53. The molecule has 1 aromatic heterocycles. The van der Waals surface area contributed by atoms with Crippen LogP contribution in [0, 0.1) is 11.6 Å². The van der Waals surface area contributed by atoms with E-state index < -0.39 is 17.7 Å². The lowest BCUT2D eigenvalue weighted by atomic mass is 9.87. The third-order valence-corrected chi connectivity index (χ3v) is 6.64. The Balaban J connectivity index is 1.58. The van der Waals surface area contributed by atoms with Crippen LogP contribution < -0.4 is 5.32 Å². The van der Waals surface area contributed by atoms with Crippen LogP contribution in [0.25, 0.3) is 0 Å². The van der Waals surface area contributed by atoms with Crippen LogP contribution in [0.4, 0.5) is 13.6 Å². The normalized spacial score (nSPS) is 17.9. The number of nitrogens with one attached hydrogen (secondary N) is 1. The molecule has 2 amide bonds. The van der Waals surface area contributed by atoms with E-state index in [2.05, 4.69) is 34.6 Å². The Morgan fingerprint density at radius 3 is 2.55 bits per heavy atom. The molecule has 0 bridgehead atoms. The van der Waals surface area contributed by atoms with E-state index in [1.807, 2.05) is 48.9 Å². The molecule has 2 aromatic carbocycles. The highest BCUT2D eigenvalue weighted by Crippen LogP contribution is 2.31. The number of imidazole rings is 1. The number of urea groups is 1. The maximum Gasteiger partial charge on any atom is 0.323 e. The van der Waals surface area contributed by atoms with Gasteiger partial charge in [-0.2, -0.15) is 0 Å². The Labute approximate surface area is 222 Å². The molecule has 0 radical (unpaired) electrons. The maximum atomic E-state index is 14.2. The van der Waals surface area contributed by atoms with Crippen LogP contribution in [-0.2, 0) is 6.54 Å². The van der Waals surface area contributed by atoms with E-state index in [-0.39, 0.29) is 11.9 Å². The summed E-state index contributed by atoms with van der Waals surface area (Å²) in [6, 6.07) is 12.6. The molecule has 1 fully saturated rings. The van der Waals surface area contributed by atoms with Gasteiger partial charge in [0.2, 0.25) is 0 Å². The van der Waals surface area contributed by atoms with Gasteiger partial charge in [-0.3, -0.25) is 10.3 Å². The van der Waals surface area contributed by atoms with Crippen molar-refractivity contribution in [1.29, 1.82) is 0 Å². The third-order valence-electron chi connectivity index (χ3n) is 6.64. The molecule has 1 aliphatic rings. The lowest BCUT2D eigenvalue weighted by Crippen LogP contribution is -2.31. The van der Waals surface area contributed by atoms with E-state index in [0.29, 0.717) is 43.9 Å². The van der Waals surface area contributed by atoms with Crippen molar-refractivity contribution in [1.82, 2.24) is 19.8 Å². The van der Waals surface area contributed by atoms with Crippen LogP contribution in [0.3, 0.4) is 0 Å². The van der Waals surface area contributed by atoms with Crippen molar-refractivity contribution < 1.29 is 13.6 Å². The fraction of sp³-hybridized carbons (Fsp3) is 0.300. The zero-order valence-electron chi connectivity index (χ0n) is 21.7. The number of allylic oxidation sites excluding steroid dienone is 4. The van der Waals surface area contributed by atoms with Gasteiger partial charge in [0.25, 0.3) is 0 Å². The minimum atomic E-state index is -0.692. The van der Waals surface area contributed by atoms with E-state index >= 15 is 0 Å². The highest BCUT2D eigenvalue weighted by atomic mass is 19.1. The van der Waals surface area contributed by atoms with Crippen molar-refractivity contribution in [3.8, 4) is 0 Å². The third kappa shape index (κ3) is 6.62. The lowest BCUT2D eigenvalue weighted by Gasteiger charge is -2.24. The van der Waals surface area contributed by atoms with Gasteiger partial charge in [0.15, 0.2) is 0 Å². The Morgan fingerprint density at radius 1 is 1.13 bits per heavy atom. The van der Waals surface area contributed by atoms with E-state index in [4.69, 9.17) is 4.99 Å². The van der Waals surface area contributed by atoms with Crippen molar-refractivity contribution in [2.24, 2.45) is 4.99 Å². The van der Waals surface area contributed by atoms with Gasteiger partial charge in [-0.25, -0.2) is 18.6 Å². The van der Waals surface area contributed by atoms with E-state index in [1.54, 1.807) is 17.4 Å². The van der Waals surface area contributed by atoms with Crippen LogP contribution in [-0.4, -0.2) is 39.4 Å². The number of aromatic nitrogens is 2. The molecule has 2 atom stereocenters. The fourth-order valence-electron chi connectivity index (χ4n) is 4.92. The first kappa shape index (κ1) is 27.0. The zero-order valence-corrected chi connectivity index (χ0v) is 21.7. The van der Waals surface area contributed by atoms with Crippen molar-refractivity contribution in [2.75, 3.05) is 13.1 Å². The molecular formula is C30H33F2N5O. The van der Waals surface area contributed by atoms with Crippen molar-refractivity contribution >= 4 is 11.9 Å². The minimum absolute atomic E-state index is 0.121. The van der Waals surface area contributed by atoms with E-state index in [1.165, 1.54) is 23.3 Å². The molecule has 3 aromatic rings. The molecule has 0 saturated carbocycles. The summed E-state index contributed by atoms with van der Waals surface area (Å²) < 4.78 is 30.3. The maximum absolute atomic E-state index is 14.2. The smallest absolute Gasteiger partial charge is 0.323 e. The van der Waals surface area contributed by atoms with E-state index in [0.717, 1.165) is 6.07 Å². The molecule has 0 aliphatic carbocycles. The highest BCUT2D eigenvalue weighted by molar-refractivity contribution is 6.07. The number of benzene rings is 2. The predicted molar refractivity (Wildman–Crippen MR) is 146 cm³/mol. The second kappa shape index (κ2) is 12.9. The number of aliphatic imine (C=N–C) groups is 1. The number of halogens is 2. The Hall–Kier alpha value is -4.07. The van der Waals surface area contributed by atoms with Gasteiger partial charge in [-0.05, 0) is 55.5 Å². The molecular weight excluding hydrogens is 484 g/mol. The first-order chi connectivity index (χ1) is 18.5. The van der Waals surface area contributed by atoms with Crippen molar-refractivity contribution in [3.05, 3.63) is 114 Å². The van der Waals surface area contributed by atoms with Crippen molar-refractivity contribution in [3.63, 3.8) is 0 Å². The molecule has 1 N–H and O–H groups in total. The van der Waals surface area contributed by atoms with Gasteiger partial charge in [0.05, 0.1) is 6.33 Å². The molecule has 4 rings (SSSR count). The van der Waals surface area contributed by atoms with Gasteiger partial charge in [-0.1, -0.05) is 48.6 Å². The number of amides is 2. The number of carbonyl (C=O) groups excluding carboxylic acids is 1. The Morgan fingerprint density at radius 2 is 1.89 bits per heavy atom. The lowest BCUT2D eigenvalue weighted by molar-refractivity contribution is 0.204. The summed E-state index contributed by atoms with van der Waals surface area (Å²) in [7, 11) is 0. The van der Waals surface area contributed by atoms with Gasteiger partial charge < -0.3 is 9.47 Å². The predicted octanol–water partition coefficient (Wildman–Crippen LogP) is 6.41. The second-order valence-corrected chi connectivity index (χ2v) is 9.19. The number of aryl methyl sites for hydroxylation is 1. The summed E-state index contributed by atoms with van der Waals surface area (Å²) in [5.41, 5.74) is 2.71. The number of hydrogen-bond donors (Lipinski definition) is 1. The first-order valence-corrected chi connectivity index (χ1v) is 12.9. The van der Waals surface area contributed by atoms with Crippen LogP contribution in [0.1, 0.15) is 49.8 Å². The number of nitrogens with zero attached hydrogens (tertiary/aromatic N) is 4. The SMILES string of the molecule is C/C=C\C(=C/C)C(CC/N=C1\NC(=O)N(CCCn2ccnc2)C1c1cc(F)cc(F)c1)c1ccccc1. The molecule has 198 valence electrons. The van der Waals surface area contributed by atoms with Gasteiger partial charge in [-0.15, -0.1) is 0 Å². The number of rotatable bonds is 11. The summed E-state index contributed by atoms with van der Waals surface area (Å²) in [5.74, 6) is -0.853. The molecule has 6 nitrogen and oxygen atoms in total. The second-order valence-electron chi connectivity index (χ2n) is 9.19. The summed E-state index contributed by atoms with van der Waals surface area (Å²) in [6.07, 6.45) is 12.8. The first-order valence-electron chi connectivity index (χ1n) is 12.9. The Bertz CT molecular complexity index is 1280. The van der Waals surface area contributed by atoms with Gasteiger partial charge in [0.1, 0.15) is 23.5 Å². The standard InChI is InChI=1S/C30H33F2N5O/c1-3-9-22(4-2)27(23-10-6-5-7-11-23)12-13-34-29-28(24-18-25(31)20-26(32)19-24)37(30(38)35-29)16-8-15-36-17-14-33-21-36/h3-7,9-11,14,17-21,27-28H,8,12-13,15-16H2,1-2H3,(H,34,35,38)/b9-3-,22-4+. The number of amidine groups is 1. The monoisotopic (exact) mass is 517 g/mol. The number of hydrogen-bond acceptors (Lipinski definition) is 3. The molecule has 0 spiro atoms. The molecule has 1 aliphatic heterocycles. The van der Waals surface area contributed by atoms with E-state index in [9.17, 15) is 13.6 Å². The van der Waals surface area contributed by atoms with Crippen molar-refractivity contribution in [2.45, 2.75) is 45.2 Å². The topological polar surface area (TPSA) is 62.5 Å². The van der Waals surface area contributed by atoms with Crippen LogP contribution in [0.15, 0.2) is 96.0 Å².